The Bertz CT molecular complexity index is 1320. The molecule has 2 aliphatic rings. The fraction of sp³-hybridized carbons (Fsp3) is 0.533. The van der Waals surface area contributed by atoms with Gasteiger partial charge in [0, 0.05) is 43.4 Å². The molecule has 10 nitrogen and oxygen atoms in total. The third kappa shape index (κ3) is 5.77. The summed E-state index contributed by atoms with van der Waals surface area (Å²) in [7, 11) is 3.17. The fourth-order valence-corrected chi connectivity index (χ4v) is 5.25. The first-order valence-electron chi connectivity index (χ1n) is 13.7. The highest BCUT2D eigenvalue weighted by atomic mass is 16.5. The molecule has 1 aromatic heterocycles. The van der Waals surface area contributed by atoms with Gasteiger partial charge in [-0.25, -0.2) is 4.98 Å². The van der Waals surface area contributed by atoms with E-state index in [0.29, 0.717) is 56.1 Å². The quantitative estimate of drug-likeness (QED) is 0.425. The number of Topliss-reactive ketones (excluding diaryl/α,β-unsaturated/α-hetero) is 1. The summed E-state index contributed by atoms with van der Waals surface area (Å²) in [6.07, 6.45) is 1.24. The number of carbonyl (C=O) groups excluding carboxylic acids is 2. The van der Waals surface area contributed by atoms with Crippen molar-refractivity contribution in [3.63, 3.8) is 0 Å². The molecule has 0 bridgehead atoms. The summed E-state index contributed by atoms with van der Waals surface area (Å²) in [5.74, 6) is 0.665. The standard InChI is InChI=1S/C30H41N5O5/c1-8-40-23-15-19-16-35(27(31)24(19)33-25(23)28(37)32-6)17-22(36)18-13-20(29(2,3)4)26(39-7)21(14-18)34-11-9-30(5,38)10-12-34/h13-15,31,38H,8-12,16-17H2,1-7H3,(H,32,37). The highest BCUT2D eigenvalue weighted by Crippen LogP contribution is 2.42. The molecule has 2 aromatic rings. The van der Waals surface area contributed by atoms with Gasteiger partial charge in [0.1, 0.15) is 17.3 Å². The minimum absolute atomic E-state index is 0.0153. The average molecular weight is 552 g/mol. The number of rotatable bonds is 8. The number of amides is 1. The van der Waals surface area contributed by atoms with Crippen molar-refractivity contribution < 1.29 is 24.2 Å². The lowest BCUT2D eigenvalue weighted by Gasteiger charge is -2.38. The predicted molar refractivity (Wildman–Crippen MR) is 154 cm³/mol. The number of ketones is 1. The monoisotopic (exact) mass is 551 g/mol. The molecule has 3 heterocycles. The number of nitrogens with zero attached hydrogens (tertiary/aromatic N) is 3. The van der Waals surface area contributed by atoms with Crippen molar-refractivity contribution in [1.82, 2.24) is 15.2 Å². The van der Waals surface area contributed by atoms with Crippen LogP contribution in [-0.4, -0.2) is 78.5 Å². The van der Waals surface area contributed by atoms with E-state index in [1.807, 2.05) is 26.0 Å². The van der Waals surface area contributed by atoms with Crippen molar-refractivity contribution >= 4 is 23.2 Å². The third-order valence-corrected chi connectivity index (χ3v) is 7.63. The molecule has 4 rings (SSSR count). The summed E-state index contributed by atoms with van der Waals surface area (Å²) >= 11 is 0. The van der Waals surface area contributed by atoms with Crippen LogP contribution in [0, 0.1) is 5.41 Å². The summed E-state index contributed by atoms with van der Waals surface area (Å²) in [4.78, 5) is 34.5. The number of nitrogens with one attached hydrogen (secondary N) is 2. The van der Waals surface area contributed by atoms with Crippen LogP contribution in [0.15, 0.2) is 18.2 Å². The Balaban J connectivity index is 1.65. The number of hydrogen-bond acceptors (Lipinski definition) is 8. The first kappa shape index (κ1) is 29.3. The average Bonchev–Trinajstić information content (AvgIpc) is 3.20. The number of benzene rings is 1. The Morgan fingerprint density at radius 1 is 1.20 bits per heavy atom. The molecule has 1 aromatic carbocycles. The van der Waals surface area contributed by atoms with E-state index in [4.69, 9.17) is 14.9 Å². The summed E-state index contributed by atoms with van der Waals surface area (Å²) in [6, 6.07) is 5.51. The van der Waals surface area contributed by atoms with Crippen LogP contribution in [0.4, 0.5) is 5.69 Å². The van der Waals surface area contributed by atoms with E-state index >= 15 is 0 Å². The molecule has 1 amide bonds. The minimum atomic E-state index is -0.705. The number of amidine groups is 1. The van der Waals surface area contributed by atoms with Crippen LogP contribution < -0.4 is 19.7 Å². The van der Waals surface area contributed by atoms with Crippen molar-refractivity contribution in [3.8, 4) is 11.5 Å². The number of fused-ring (bicyclic) bond motifs is 1. The summed E-state index contributed by atoms with van der Waals surface area (Å²) in [6.45, 7) is 11.9. The van der Waals surface area contributed by atoms with Gasteiger partial charge in [0.2, 0.25) is 0 Å². The number of anilines is 1. The van der Waals surface area contributed by atoms with Gasteiger partial charge >= 0.3 is 0 Å². The number of aromatic nitrogens is 1. The molecular formula is C30H41N5O5. The van der Waals surface area contributed by atoms with Gasteiger partial charge in [-0.3, -0.25) is 15.0 Å². The smallest absolute Gasteiger partial charge is 0.273 e. The molecule has 0 atom stereocenters. The molecule has 0 saturated carbocycles. The van der Waals surface area contributed by atoms with E-state index in [1.165, 1.54) is 7.05 Å². The van der Waals surface area contributed by atoms with Gasteiger partial charge in [0.05, 0.1) is 31.5 Å². The van der Waals surface area contributed by atoms with Gasteiger partial charge in [0.15, 0.2) is 17.2 Å². The highest BCUT2D eigenvalue weighted by molar-refractivity contribution is 6.06. The zero-order valence-corrected chi connectivity index (χ0v) is 24.6. The number of carbonyl (C=O) groups is 2. The van der Waals surface area contributed by atoms with E-state index in [1.54, 1.807) is 18.1 Å². The van der Waals surface area contributed by atoms with E-state index in [-0.39, 0.29) is 29.3 Å². The second-order valence-electron chi connectivity index (χ2n) is 11.8. The lowest BCUT2D eigenvalue weighted by molar-refractivity contribution is 0.0350. The molecule has 0 unspecified atom stereocenters. The maximum absolute atomic E-state index is 13.8. The molecule has 1 saturated heterocycles. The molecule has 2 aliphatic heterocycles. The number of ether oxygens (including phenoxy) is 2. The van der Waals surface area contributed by atoms with Crippen LogP contribution in [0.2, 0.25) is 0 Å². The number of piperidine rings is 1. The molecule has 0 aliphatic carbocycles. The zero-order chi connectivity index (χ0) is 29.4. The van der Waals surface area contributed by atoms with Crippen molar-refractivity contribution in [1.29, 1.82) is 5.41 Å². The number of aliphatic hydroxyl groups is 1. The SMILES string of the molecule is CCOc1cc2c(nc1C(=O)NC)C(=N)N(CC(=O)c1cc(N3CCC(C)(O)CC3)c(OC)c(C(C)(C)C)c1)C2. The van der Waals surface area contributed by atoms with Crippen LogP contribution in [0.25, 0.3) is 0 Å². The molecule has 216 valence electrons. The summed E-state index contributed by atoms with van der Waals surface area (Å²) in [5, 5.41) is 21.8. The Kier molecular flexibility index (Phi) is 8.12. The topological polar surface area (TPSA) is 128 Å². The molecule has 1 fully saturated rings. The lowest BCUT2D eigenvalue weighted by Crippen LogP contribution is -2.42. The van der Waals surface area contributed by atoms with Gasteiger partial charge in [-0.15, -0.1) is 0 Å². The maximum Gasteiger partial charge on any atom is 0.273 e. The van der Waals surface area contributed by atoms with Crippen molar-refractivity contribution in [2.75, 3.05) is 45.3 Å². The van der Waals surface area contributed by atoms with E-state index in [9.17, 15) is 14.7 Å². The second kappa shape index (κ2) is 11.1. The van der Waals surface area contributed by atoms with Crippen molar-refractivity contribution in [3.05, 3.63) is 46.3 Å². The molecule has 0 spiro atoms. The first-order chi connectivity index (χ1) is 18.8. The van der Waals surface area contributed by atoms with Crippen LogP contribution in [-0.2, 0) is 12.0 Å². The van der Waals surface area contributed by atoms with Crippen LogP contribution in [0.5, 0.6) is 11.5 Å². The number of methoxy groups -OCH3 is 1. The van der Waals surface area contributed by atoms with Crippen molar-refractivity contribution in [2.45, 2.75) is 65.0 Å². The number of pyridine rings is 1. The Morgan fingerprint density at radius 2 is 1.88 bits per heavy atom. The molecule has 3 N–H and O–H groups in total. The number of hydrogen-bond donors (Lipinski definition) is 3. The predicted octanol–water partition coefficient (Wildman–Crippen LogP) is 3.52. The van der Waals surface area contributed by atoms with Gasteiger partial charge in [-0.05, 0) is 50.3 Å². The second-order valence-corrected chi connectivity index (χ2v) is 11.8. The highest BCUT2D eigenvalue weighted by Gasteiger charge is 2.34. The molecular weight excluding hydrogens is 510 g/mol. The zero-order valence-electron chi connectivity index (χ0n) is 24.6. The van der Waals surface area contributed by atoms with Gasteiger partial charge < -0.3 is 29.7 Å². The third-order valence-electron chi connectivity index (χ3n) is 7.63. The maximum atomic E-state index is 13.8. The van der Waals surface area contributed by atoms with Crippen LogP contribution >= 0.6 is 0 Å². The molecule has 0 radical (unpaired) electrons. The Labute approximate surface area is 236 Å². The van der Waals surface area contributed by atoms with E-state index in [0.717, 1.165) is 22.6 Å². The Morgan fingerprint density at radius 3 is 2.45 bits per heavy atom. The van der Waals surface area contributed by atoms with E-state index in [2.05, 4.69) is 36.0 Å². The first-order valence-corrected chi connectivity index (χ1v) is 13.7. The van der Waals surface area contributed by atoms with Gasteiger partial charge in [-0.2, -0.15) is 0 Å². The van der Waals surface area contributed by atoms with E-state index < -0.39 is 11.5 Å². The van der Waals surface area contributed by atoms with Crippen molar-refractivity contribution in [2.24, 2.45) is 0 Å². The lowest BCUT2D eigenvalue weighted by atomic mass is 9.83. The molecule has 10 heteroatoms. The molecule has 40 heavy (non-hydrogen) atoms. The van der Waals surface area contributed by atoms with Crippen LogP contribution in [0.1, 0.15) is 85.1 Å². The largest absolute Gasteiger partial charge is 0.494 e. The Hall–Kier alpha value is -3.66. The minimum Gasteiger partial charge on any atom is -0.494 e. The van der Waals surface area contributed by atoms with Crippen LogP contribution in [0.3, 0.4) is 0 Å². The van der Waals surface area contributed by atoms with Gasteiger partial charge in [0.25, 0.3) is 5.91 Å². The van der Waals surface area contributed by atoms with Gasteiger partial charge in [-0.1, -0.05) is 20.8 Å². The fourth-order valence-electron chi connectivity index (χ4n) is 5.25. The summed E-state index contributed by atoms with van der Waals surface area (Å²) in [5.41, 5.74) is 2.54. The summed E-state index contributed by atoms with van der Waals surface area (Å²) < 4.78 is 11.5. The normalized spacial score (nSPS) is 16.6.